The third-order valence-corrected chi connectivity index (χ3v) is 3.83. The van der Waals surface area contributed by atoms with Gasteiger partial charge in [0.25, 0.3) is 0 Å². The van der Waals surface area contributed by atoms with Crippen LogP contribution in [0.2, 0.25) is 0 Å². The highest BCUT2D eigenvalue weighted by Gasteiger charge is 2.14. The van der Waals surface area contributed by atoms with Gasteiger partial charge in [-0.15, -0.1) is 10.2 Å². The summed E-state index contributed by atoms with van der Waals surface area (Å²) in [4.78, 5) is 11.3. The van der Waals surface area contributed by atoms with E-state index in [0.717, 1.165) is 7.14 Å². The van der Waals surface area contributed by atoms with E-state index in [2.05, 4.69) is 25.9 Å². The number of carboxylic acid groups (broad SMARTS) is 1. The van der Waals surface area contributed by atoms with Crippen molar-refractivity contribution < 1.29 is 9.90 Å². The van der Waals surface area contributed by atoms with E-state index in [0.29, 0.717) is 5.69 Å². The fraction of sp³-hybridized carbons (Fsp3) is 0. The van der Waals surface area contributed by atoms with Crippen molar-refractivity contribution in [3.63, 3.8) is 0 Å². The molecule has 0 amide bonds. The van der Waals surface area contributed by atoms with E-state index in [9.17, 15) is 9.90 Å². The lowest BCUT2D eigenvalue weighted by atomic mass is 10.2. The zero-order valence-electron chi connectivity index (χ0n) is 10.1. The second-order valence-corrected chi connectivity index (χ2v) is 6.07. The molecule has 0 saturated carbocycles. The monoisotopic (exact) mass is 508 g/mol. The molecule has 106 valence electrons. The number of nitriles is 1. The minimum Gasteiger partial charge on any atom is -0.478 e. The number of carboxylic acids is 1. The lowest BCUT2D eigenvalue weighted by Crippen LogP contribution is -2.05. The van der Waals surface area contributed by atoms with E-state index in [4.69, 9.17) is 5.26 Å². The standard InChI is InChI=1S/C11H6I2N6O2/c12-6-1-7(11(20)21)9(8(13)2-6)15-4-5(3-14)10-16-18-19-17-10/h1-2,4,15H,(H,20,21)(H,16,17,18,19). The molecule has 0 atom stereocenters. The van der Waals surface area contributed by atoms with Crippen LogP contribution in [0, 0.1) is 18.5 Å². The van der Waals surface area contributed by atoms with Gasteiger partial charge in [0.15, 0.2) is 0 Å². The molecule has 1 heterocycles. The number of aromatic nitrogens is 4. The van der Waals surface area contributed by atoms with E-state index in [1.807, 2.05) is 57.3 Å². The van der Waals surface area contributed by atoms with Gasteiger partial charge in [-0.05, 0) is 62.5 Å². The van der Waals surface area contributed by atoms with E-state index in [-0.39, 0.29) is 17.0 Å². The van der Waals surface area contributed by atoms with Gasteiger partial charge in [-0.25, -0.2) is 4.79 Å². The highest BCUT2D eigenvalue weighted by molar-refractivity contribution is 14.1. The van der Waals surface area contributed by atoms with Crippen molar-refractivity contribution in [1.29, 1.82) is 5.26 Å². The topological polar surface area (TPSA) is 128 Å². The summed E-state index contributed by atoms with van der Waals surface area (Å²) >= 11 is 4.07. The molecule has 2 rings (SSSR count). The zero-order chi connectivity index (χ0) is 15.4. The Hall–Kier alpha value is -1.75. The number of hydrogen-bond donors (Lipinski definition) is 3. The van der Waals surface area contributed by atoms with Gasteiger partial charge in [-0.3, -0.25) is 0 Å². The lowest BCUT2D eigenvalue weighted by Gasteiger charge is -2.09. The van der Waals surface area contributed by atoms with Gasteiger partial charge in [0, 0.05) is 13.3 Å². The van der Waals surface area contributed by atoms with E-state index in [1.165, 1.54) is 6.20 Å². The summed E-state index contributed by atoms with van der Waals surface area (Å²) in [6, 6.07) is 5.28. The Morgan fingerprint density at radius 2 is 2.24 bits per heavy atom. The van der Waals surface area contributed by atoms with Crippen LogP contribution in [-0.2, 0) is 0 Å². The van der Waals surface area contributed by atoms with Crippen molar-refractivity contribution in [3.05, 3.63) is 36.9 Å². The Kier molecular flexibility index (Phi) is 5.07. The van der Waals surface area contributed by atoms with E-state index in [1.54, 1.807) is 6.07 Å². The summed E-state index contributed by atoms with van der Waals surface area (Å²) in [6.45, 7) is 0. The van der Waals surface area contributed by atoms with Crippen LogP contribution in [-0.4, -0.2) is 31.7 Å². The van der Waals surface area contributed by atoms with E-state index < -0.39 is 5.97 Å². The van der Waals surface area contributed by atoms with Crippen molar-refractivity contribution in [3.8, 4) is 6.07 Å². The number of hydrogen-bond acceptors (Lipinski definition) is 6. The number of nitrogens with zero attached hydrogens (tertiary/aromatic N) is 4. The lowest BCUT2D eigenvalue weighted by molar-refractivity contribution is 0.0698. The number of aromatic carboxylic acids is 1. The molecule has 0 aliphatic carbocycles. The average molecular weight is 508 g/mol. The maximum absolute atomic E-state index is 11.3. The highest BCUT2D eigenvalue weighted by atomic mass is 127. The van der Waals surface area contributed by atoms with Gasteiger partial charge in [-0.2, -0.15) is 10.5 Å². The number of allylic oxidation sites excluding steroid dienone is 1. The molecule has 0 saturated heterocycles. The largest absolute Gasteiger partial charge is 0.478 e. The Morgan fingerprint density at radius 1 is 1.48 bits per heavy atom. The fourth-order valence-electron chi connectivity index (χ4n) is 1.46. The number of H-pyrrole nitrogens is 1. The molecule has 1 aromatic carbocycles. The molecule has 0 spiro atoms. The van der Waals surface area contributed by atoms with Gasteiger partial charge < -0.3 is 10.4 Å². The van der Waals surface area contributed by atoms with Crippen molar-refractivity contribution in [2.75, 3.05) is 5.32 Å². The minimum atomic E-state index is -1.06. The SMILES string of the molecule is N#CC(=CNc1c(I)cc(I)cc1C(=O)O)c1nn[nH]n1. The molecular weight excluding hydrogens is 502 g/mol. The Balaban J connectivity index is 2.40. The molecule has 0 bridgehead atoms. The summed E-state index contributed by atoms with van der Waals surface area (Å²) in [5, 5.41) is 34.2. The summed E-state index contributed by atoms with van der Waals surface area (Å²) < 4.78 is 1.53. The predicted molar refractivity (Wildman–Crippen MR) is 90.2 cm³/mol. The molecule has 1 aromatic heterocycles. The van der Waals surface area contributed by atoms with Crippen LogP contribution in [0.3, 0.4) is 0 Å². The molecule has 0 aliphatic rings. The smallest absolute Gasteiger partial charge is 0.337 e. The van der Waals surface area contributed by atoms with Gasteiger partial charge in [0.05, 0.1) is 11.3 Å². The summed E-state index contributed by atoms with van der Waals surface area (Å²) in [5.41, 5.74) is 0.655. The number of halogens is 2. The van der Waals surface area contributed by atoms with Crippen LogP contribution in [0.25, 0.3) is 5.57 Å². The summed E-state index contributed by atoms with van der Waals surface area (Å²) in [5.74, 6) is -0.928. The quantitative estimate of drug-likeness (QED) is 0.427. The zero-order valence-corrected chi connectivity index (χ0v) is 14.4. The second-order valence-electron chi connectivity index (χ2n) is 3.66. The number of aromatic amines is 1. The molecule has 21 heavy (non-hydrogen) atoms. The predicted octanol–water partition coefficient (Wildman–Crippen LogP) is 2.08. The molecule has 0 fully saturated rings. The van der Waals surface area contributed by atoms with Crippen LogP contribution in [0.4, 0.5) is 5.69 Å². The van der Waals surface area contributed by atoms with Gasteiger partial charge in [0.1, 0.15) is 11.6 Å². The highest BCUT2D eigenvalue weighted by Crippen LogP contribution is 2.26. The third kappa shape index (κ3) is 3.67. The Labute approximate surface area is 145 Å². The van der Waals surface area contributed by atoms with Crippen LogP contribution >= 0.6 is 45.2 Å². The number of rotatable bonds is 4. The van der Waals surface area contributed by atoms with Gasteiger partial charge in [-0.1, -0.05) is 0 Å². The average Bonchev–Trinajstić information content (AvgIpc) is 2.94. The second kappa shape index (κ2) is 6.80. The molecular formula is C11H6I2N6O2. The van der Waals surface area contributed by atoms with Crippen LogP contribution in [0.5, 0.6) is 0 Å². The number of tetrazole rings is 1. The molecule has 2 aromatic rings. The third-order valence-electron chi connectivity index (χ3n) is 2.35. The molecule has 0 radical (unpaired) electrons. The Bertz CT molecular complexity index is 751. The molecule has 0 unspecified atom stereocenters. The van der Waals surface area contributed by atoms with Crippen molar-refractivity contribution in [1.82, 2.24) is 20.6 Å². The summed E-state index contributed by atoms with van der Waals surface area (Å²) in [6.07, 6.45) is 1.35. The molecule has 8 nitrogen and oxygen atoms in total. The number of anilines is 1. The normalized spacial score (nSPS) is 11.0. The maximum Gasteiger partial charge on any atom is 0.337 e. The summed E-state index contributed by atoms with van der Waals surface area (Å²) in [7, 11) is 0. The molecule has 3 N–H and O–H groups in total. The van der Waals surface area contributed by atoms with Gasteiger partial charge in [0.2, 0.25) is 5.82 Å². The van der Waals surface area contributed by atoms with Crippen molar-refractivity contribution in [2.24, 2.45) is 0 Å². The van der Waals surface area contributed by atoms with Crippen LogP contribution in [0.15, 0.2) is 18.3 Å². The fourth-order valence-corrected chi connectivity index (χ4v) is 3.46. The van der Waals surface area contributed by atoms with Crippen LogP contribution in [0.1, 0.15) is 16.2 Å². The number of nitrogens with one attached hydrogen (secondary N) is 2. The first-order valence-electron chi connectivity index (χ1n) is 5.36. The van der Waals surface area contributed by atoms with Crippen LogP contribution < -0.4 is 5.32 Å². The van der Waals surface area contributed by atoms with Crippen molar-refractivity contribution >= 4 is 62.4 Å². The first kappa shape index (κ1) is 15.6. The minimum absolute atomic E-state index is 0.118. The van der Waals surface area contributed by atoms with Gasteiger partial charge >= 0.3 is 5.97 Å². The first-order valence-corrected chi connectivity index (χ1v) is 7.51. The molecule has 10 heteroatoms. The van der Waals surface area contributed by atoms with E-state index >= 15 is 0 Å². The number of benzene rings is 1. The Morgan fingerprint density at radius 3 is 2.81 bits per heavy atom. The van der Waals surface area contributed by atoms with Crippen molar-refractivity contribution in [2.45, 2.75) is 0 Å². The molecule has 0 aliphatic heterocycles. The maximum atomic E-state index is 11.3. The number of carbonyl (C=O) groups is 1. The first-order chi connectivity index (χ1) is 10.0.